The summed E-state index contributed by atoms with van der Waals surface area (Å²) in [5, 5.41) is 9.68. The van der Waals surface area contributed by atoms with E-state index in [1.807, 2.05) is 26.0 Å². The molecule has 1 rings (SSSR count). The van der Waals surface area contributed by atoms with Crippen LogP contribution in [0, 0.1) is 0 Å². The largest absolute Gasteiger partial charge is 0.481 e. The first-order valence-corrected chi connectivity index (χ1v) is 6.73. The Labute approximate surface area is 115 Å². The molecule has 1 aromatic rings. The number of nitrogens with zero attached hydrogens (tertiary/aromatic N) is 1. The third kappa shape index (κ3) is 3.96. The van der Waals surface area contributed by atoms with Crippen molar-refractivity contribution in [1.29, 1.82) is 0 Å². The van der Waals surface area contributed by atoms with Crippen molar-refractivity contribution in [2.45, 2.75) is 39.9 Å². The molecule has 4 nitrogen and oxygen atoms in total. The second-order valence-electron chi connectivity index (χ2n) is 4.48. The maximum absolute atomic E-state index is 12.1. The third-order valence-electron chi connectivity index (χ3n) is 3.10. The number of carbonyl (C=O) groups excluding carboxylic acids is 1. The van der Waals surface area contributed by atoms with E-state index in [0.29, 0.717) is 24.4 Å². The lowest BCUT2D eigenvalue weighted by Crippen LogP contribution is -2.40. The number of ether oxygens (including phenoxy) is 1. The summed E-state index contributed by atoms with van der Waals surface area (Å²) in [5.74, 6) is 0.524. The molecule has 19 heavy (non-hydrogen) atoms. The zero-order valence-corrected chi connectivity index (χ0v) is 12.1. The molecule has 2 atom stereocenters. The van der Waals surface area contributed by atoms with Gasteiger partial charge in [0, 0.05) is 18.7 Å². The zero-order chi connectivity index (χ0) is 14.4. The van der Waals surface area contributed by atoms with E-state index < -0.39 is 12.2 Å². The van der Waals surface area contributed by atoms with Gasteiger partial charge in [-0.3, -0.25) is 4.79 Å². The average Bonchev–Trinajstić information content (AvgIpc) is 2.40. The first-order chi connectivity index (χ1) is 9.01. The maximum Gasteiger partial charge on any atom is 0.263 e. The Kier molecular flexibility index (Phi) is 5.83. The molecular weight excluding hydrogens is 242 g/mol. The SMILES string of the molecule is CCN(CC)C(=O)C(C)Oc1ccccc1[C@H](C)O. The van der Waals surface area contributed by atoms with Crippen molar-refractivity contribution in [3.05, 3.63) is 29.8 Å². The minimum Gasteiger partial charge on any atom is -0.481 e. The number of carbonyl (C=O) groups is 1. The molecule has 1 aromatic carbocycles. The second kappa shape index (κ2) is 7.14. The highest BCUT2D eigenvalue weighted by atomic mass is 16.5. The van der Waals surface area contributed by atoms with Crippen LogP contribution in [0.15, 0.2) is 24.3 Å². The molecule has 0 bridgehead atoms. The minimum absolute atomic E-state index is 0.0367. The molecule has 0 aliphatic carbocycles. The number of aliphatic hydroxyl groups is 1. The monoisotopic (exact) mass is 265 g/mol. The summed E-state index contributed by atoms with van der Waals surface area (Å²) in [4.78, 5) is 13.9. The van der Waals surface area contributed by atoms with Gasteiger partial charge in [-0.2, -0.15) is 0 Å². The lowest BCUT2D eigenvalue weighted by Gasteiger charge is -2.24. The van der Waals surface area contributed by atoms with Gasteiger partial charge in [-0.25, -0.2) is 0 Å². The van der Waals surface area contributed by atoms with Crippen LogP contribution in [0.25, 0.3) is 0 Å². The Hall–Kier alpha value is -1.55. The van der Waals surface area contributed by atoms with Crippen LogP contribution >= 0.6 is 0 Å². The van der Waals surface area contributed by atoms with E-state index in [-0.39, 0.29) is 5.91 Å². The van der Waals surface area contributed by atoms with Crippen LogP contribution < -0.4 is 4.74 Å². The van der Waals surface area contributed by atoms with E-state index in [2.05, 4.69) is 0 Å². The fourth-order valence-electron chi connectivity index (χ4n) is 1.97. The predicted octanol–water partition coefficient (Wildman–Crippen LogP) is 2.38. The molecule has 0 saturated carbocycles. The molecular formula is C15H23NO3. The van der Waals surface area contributed by atoms with Crippen LogP contribution in [0.1, 0.15) is 39.4 Å². The highest BCUT2D eigenvalue weighted by Gasteiger charge is 2.21. The Bertz CT molecular complexity index is 414. The van der Waals surface area contributed by atoms with E-state index in [0.717, 1.165) is 0 Å². The molecule has 0 fully saturated rings. The standard InChI is InChI=1S/C15H23NO3/c1-5-16(6-2)15(18)12(4)19-14-10-8-7-9-13(14)11(3)17/h7-12,17H,5-6H2,1-4H3/t11-,12?/m0/s1. The van der Waals surface area contributed by atoms with Gasteiger partial charge in [0.15, 0.2) is 6.10 Å². The maximum atomic E-state index is 12.1. The highest BCUT2D eigenvalue weighted by Crippen LogP contribution is 2.25. The van der Waals surface area contributed by atoms with Gasteiger partial charge in [0.2, 0.25) is 0 Å². The molecule has 1 amide bonds. The van der Waals surface area contributed by atoms with Gasteiger partial charge in [-0.15, -0.1) is 0 Å². The van der Waals surface area contributed by atoms with Crippen LogP contribution in [0.2, 0.25) is 0 Å². The fourth-order valence-corrected chi connectivity index (χ4v) is 1.97. The van der Waals surface area contributed by atoms with Crippen molar-refractivity contribution in [2.24, 2.45) is 0 Å². The Morgan fingerprint density at radius 1 is 1.26 bits per heavy atom. The molecule has 1 unspecified atom stereocenters. The molecule has 0 spiro atoms. The summed E-state index contributed by atoms with van der Waals surface area (Å²) in [6.45, 7) is 8.64. The van der Waals surface area contributed by atoms with Gasteiger partial charge in [0.25, 0.3) is 5.91 Å². The topological polar surface area (TPSA) is 49.8 Å². The summed E-state index contributed by atoms with van der Waals surface area (Å²) >= 11 is 0. The fraction of sp³-hybridized carbons (Fsp3) is 0.533. The normalized spacial score (nSPS) is 13.7. The molecule has 106 valence electrons. The van der Waals surface area contributed by atoms with E-state index in [4.69, 9.17) is 4.74 Å². The van der Waals surface area contributed by atoms with E-state index in [9.17, 15) is 9.90 Å². The number of amides is 1. The molecule has 0 radical (unpaired) electrons. The number of hydrogen-bond acceptors (Lipinski definition) is 3. The first kappa shape index (κ1) is 15.5. The smallest absolute Gasteiger partial charge is 0.263 e. The van der Waals surface area contributed by atoms with Gasteiger partial charge < -0.3 is 14.7 Å². The average molecular weight is 265 g/mol. The number of rotatable bonds is 6. The number of aliphatic hydroxyl groups excluding tert-OH is 1. The van der Waals surface area contributed by atoms with E-state index in [1.165, 1.54) is 0 Å². The minimum atomic E-state index is -0.619. The van der Waals surface area contributed by atoms with Gasteiger partial charge in [0.05, 0.1) is 6.10 Å². The molecule has 0 aliphatic rings. The van der Waals surface area contributed by atoms with Crippen LogP contribution in [0.3, 0.4) is 0 Å². The summed E-state index contributed by atoms with van der Waals surface area (Å²) in [6.07, 6.45) is -1.17. The zero-order valence-electron chi connectivity index (χ0n) is 12.1. The van der Waals surface area contributed by atoms with Gasteiger partial charge in [-0.05, 0) is 33.8 Å². The van der Waals surface area contributed by atoms with E-state index in [1.54, 1.807) is 30.9 Å². The third-order valence-corrected chi connectivity index (χ3v) is 3.10. The van der Waals surface area contributed by atoms with Crippen LogP contribution in [-0.4, -0.2) is 35.1 Å². The summed E-state index contributed by atoms with van der Waals surface area (Å²) in [6, 6.07) is 7.24. The summed E-state index contributed by atoms with van der Waals surface area (Å²) < 4.78 is 5.70. The van der Waals surface area contributed by atoms with E-state index >= 15 is 0 Å². The van der Waals surface area contributed by atoms with Crippen molar-refractivity contribution in [3.63, 3.8) is 0 Å². The highest BCUT2D eigenvalue weighted by molar-refractivity contribution is 5.80. The van der Waals surface area contributed by atoms with Crippen LogP contribution in [0.4, 0.5) is 0 Å². The van der Waals surface area contributed by atoms with Crippen molar-refractivity contribution in [2.75, 3.05) is 13.1 Å². The van der Waals surface area contributed by atoms with Gasteiger partial charge in [0.1, 0.15) is 5.75 Å². The molecule has 1 N–H and O–H groups in total. The number of benzene rings is 1. The van der Waals surface area contributed by atoms with Gasteiger partial charge >= 0.3 is 0 Å². The Morgan fingerprint density at radius 3 is 2.37 bits per heavy atom. The van der Waals surface area contributed by atoms with Crippen molar-refractivity contribution in [1.82, 2.24) is 4.90 Å². The molecule has 0 heterocycles. The lowest BCUT2D eigenvalue weighted by molar-refractivity contribution is -0.137. The quantitative estimate of drug-likeness (QED) is 0.859. The molecule has 0 aromatic heterocycles. The lowest BCUT2D eigenvalue weighted by atomic mass is 10.1. The number of likely N-dealkylation sites (N-methyl/N-ethyl adjacent to an activating group) is 1. The second-order valence-corrected chi connectivity index (χ2v) is 4.48. The Morgan fingerprint density at radius 2 is 1.84 bits per heavy atom. The predicted molar refractivity (Wildman–Crippen MR) is 75.1 cm³/mol. The van der Waals surface area contributed by atoms with Crippen molar-refractivity contribution in [3.8, 4) is 5.75 Å². The van der Waals surface area contributed by atoms with Crippen LogP contribution in [-0.2, 0) is 4.79 Å². The first-order valence-electron chi connectivity index (χ1n) is 6.73. The summed E-state index contributed by atoms with van der Waals surface area (Å²) in [5.41, 5.74) is 0.696. The van der Waals surface area contributed by atoms with Crippen molar-refractivity contribution >= 4 is 5.91 Å². The molecule has 4 heteroatoms. The van der Waals surface area contributed by atoms with Crippen LogP contribution in [0.5, 0.6) is 5.75 Å². The van der Waals surface area contributed by atoms with Gasteiger partial charge in [-0.1, -0.05) is 18.2 Å². The number of para-hydroxylation sites is 1. The summed E-state index contributed by atoms with van der Waals surface area (Å²) in [7, 11) is 0. The Balaban J connectivity index is 2.82. The molecule has 0 saturated heterocycles. The van der Waals surface area contributed by atoms with Crippen molar-refractivity contribution < 1.29 is 14.6 Å². The number of hydrogen-bond donors (Lipinski definition) is 1. The molecule has 0 aliphatic heterocycles.